The molecule has 0 unspecified atom stereocenters. The van der Waals surface area contributed by atoms with Crippen LogP contribution in [-0.4, -0.2) is 4.74 Å². The van der Waals surface area contributed by atoms with Gasteiger partial charge in [0.2, 0.25) is 5.75 Å². The molecule has 0 amide bonds. The molecule has 0 aliphatic rings. The van der Waals surface area contributed by atoms with Gasteiger partial charge in [0, 0.05) is 6.07 Å². The Kier molecular flexibility index (Phi) is 3.44. The SMILES string of the molecule is [CH2-][OH+]c1cccc(OCc2ccccc2)c1. The Morgan fingerprint density at radius 1 is 1.00 bits per heavy atom. The molecule has 0 saturated carbocycles. The van der Waals surface area contributed by atoms with Crippen molar-refractivity contribution in [2.75, 3.05) is 0 Å². The van der Waals surface area contributed by atoms with Crippen LogP contribution in [0.5, 0.6) is 11.5 Å². The second-order valence-electron chi connectivity index (χ2n) is 3.43. The predicted molar refractivity (Wildman–Crippen MR) is 64.2 cm³/mol. The maximum absolute atomic E-state index is 5.65. The summed E-state index contributed by atoms with van der Waals surface area (Å²) < 4.78 is 9.50. The van der Waals surface area contributed by atoms with E-state index in [9.17, 15) is 0 Å². The van der Waals surface area contributed by atoms with Gasteiger partial charge in [0.25, 0.3) is 0 Å². The number of hydrogen-bond acceptors (Lipinski definition) is 1. The van der Waals surface area contributed by atoms with Crippen molar-refractivity contribution in [3.8, 4) is 11.5 Å². The fourth-order valence-corrected chi connectivity index (χ4v) is 1.41. The predicted octanol–water partition coefficient (Wildman–Crippen LogP) is 3.30. The normalized spacial score (nSPS) is 9.81. The molecule has 1 N–H and O–H groups in total. The molecule has 2 rings (SSSR count). The summed E-state index contributed by atoms with van der Waals surface area (Å²) >= 11 is 0. The lowest BCUT2D eigenvalue weighted by Crippen LogP contribution is -1.94. The third-order valence-corrected chi connectivity index (χ3v) is 2.25. The molecule has 2 aromatic rings. The van der Waals surface area contributed by atoms with E-state index in [2.05, 4.69) is 11.8 Å². The van der Waals surface area contributed by atoms with Crippen LogP contribution >= 0.6 is 0 Å². The van der Waals surface area contributed by atoms with E-state index in [1.165, 1.54) is 0 Å². The van der Waals surface area contributed by atoms with Gasteiger partial charge >= 0.3 is 0 Å². The molecule has 16 heavy (non-hydrogen) atoms. The topological polar surface area (TPSA) is 22.0 Å². The van der Waals surface area contributed by atoms with Gasteiger partial charge in [0.1, 0.15) is 12.4 Å². The Balaban J connectivity index is 1.99. The van der Waals surface area contributed by atoms with Gasteiger partial charge in [0.05, 0.1) is 6.07 Å². The Morgan fingerprint density at radius 2 is 1.81 bits per heavy atom. The number of benzene rings is 2. The van der Waals surface area contributed by atoms with E-state index >= 15 is 0 Å². The molecular formula is C14H14O2. The van der Waals surface area contributed by atoms with Crippen molar-refractivity contribution in [3.05, 3.63) is 67.3 Å². The summed E-state index contributed by atoms with van der Waals surface area (Å²) in [7, 11) is 3.48. The third-order valence-electron chi connectivity index (χ3n) is 2.25. The lowest BCUT2D eigenvalue weighted by atomic mass is 10.2. The van der Waals surface area contributed by atoms with Crippen LogP contribution in [0.2, 0.25) is 0 Å². The van der Waals surface area contributed by atoms with Crippen LogP contribution in [0.4, 0.5) is 0 Å². The molecule has 0 heterocycles. The van der Waals surface area contributed by atoms with Gasteiger partial charge in [0.15, 0.2) is 0 Å². The second kappa shape index (κ2) is 5.21. The summed E-state index contributed by atoms with van der Waals surface area (Å²) in [6, 6.07) is 17.7. The zero-order valence-corrected chi connectivity index (χ0v) is 8.97. The lowest BCUT2D eigenvalue weighted by molar-refractivity contribution is 0.184. The molecule has 0 aliphatic heterocycles. The first-order chi connectivity index (χ1) is 7.88. The molecule has 2 aromatic carbocycles. The molecule has 2 heteroatoms. The summed E-state index contributed by atoms with van der Waals surface area (Å²) in [6.07, 6.45) is 0. The molecule has 0 fully saturated rings. The Hall–Kier alpha value is -1.96. The first kappa shape index (κ1) is 10.6. The fourth-order valence-electron chi connectivity index (χ4n) is 1.41. The average Bonchev–Trinajstić information content (AvgIpc) is 2.38. The van der Waals surface area contributed by atoms with Crippen molar-refractivity contribution in [3.63, 3.8) is 0 Å². The summed E-state index contributed by atoms with van der Waals surface area (Å²) in [4.78, 5) is 0. The highest BCUT2D eigenvalue weighted by Crippen LogP contribution is 2.20. The van der Waals surface area contributed by atoms with Crippen molar-refractivity contribution in [1.82, 2.24) is 0 Å². The van der Waals surface area contributed by atoms with Gasteiger partial charge < -0.3 is 9.47 Å². The monoisotopic (exact) mass is 214 g/mol. The van der Waals surface area contributed by atoms with Gasteiger partial charge in [-0.25, -0.2) is 0 Å². The van der Waals surface area contributed by atoms with Crippen molar-refractivity contribution in [1.29, 1.82) is 0 Å². The van der Waals surface area contributed by atoms with Crippen LogP contribution < -0.4 is 4.74 Å². The first-order valence-electron chi connectivity index (χ1n) is 5.12. The number of hydrogen-bond donors (Lipinski definition) is 0. The van der Waals surface area contributed by atoms with Crippen LogP contribution in [0.25, 0.3) is 0 Å². The minimum absolute atomic E-state index is 0.571. The number of ether oxygens (including phenoxy) is 2. The van der Waals surface area contributed by atoms with Gasteiger partial charge in [-0.05, 0) is 24.8 Å². The second-order valence-corrected chi connectivity index (χ2v) is 3.43. The fraction of sp³-hybridized carbons (Fsp3) is 0.0714. The standard InChI is InChI=1S/C14H14O2/c1-15-13-8-5-9-14(10-13)16-11-12-6-3-2-4-7-12/h2-10,15H,1,11H2. The molecule has 0 aromatic heterocycles. The van der Waals surface area contributed by atoms with Crippen LogP contribution in [-0.2, 0) is 6.61 Å². The van der Waals surface area contributed by atoms with E-state index in [0.29, 0.717) is 6.61 Å². The molecule has 0 spiro atoms. The number of aliphatic hydroxyl groups is 1. The quantitative estimate of drug-likeness (QED) is 0.565. The number of aromatic hydroxyl groups is 1. The van der Waals surface area contributed by atoms with Crippen LogP contribution in [0, 0.1) is 7.11 Å². The summed E-state index contributed by atoms with van der Waals surface area (Å²) in [5.41, 5.74) is 1.15. The summed E-state index contributed by atoms with van der Waals surface area (Å²) in [6.45, 7) is 0.571. The van der Waals surface area contributed by atoms with E-state index in [-0.39, 0.29) is 0 Å². The Morgan fingerprint density at radius 3 is 2.56 bits per heavy atom. The van der Waals surface area contributed by atoms with Crippen molar-refractivity contribution >= 4 is 0 Å². The van der Waals surface area contributed by atoms with E-state index in [1.54, 1.807) is 0 Å². The largest absolute Gasteiger partial charge is 0.722 e. The van der Waals surface area contributed by atoms with Gasteiger partial charge in [-0.15, -0.1) is 0 Å². The minimum atomic E-state index is 0.571. The van der Waals surface area contributed by atoms with E-state index < -0.39 is 0 Å². The van der Waals surface area contributed by atoms with Gasteiger partial charge in [-0.3, -0.25) is 0 Å². The van der Waals surface area contributed by atoms with E-state index in [4.69, 9.17) is 4.74 Å². The highest BCUT2D eigenvalue weighted by atomic mass is 16.5. The lowest BCUT2D eigenvalue weighted by Gasteiger charge is -2.08. The Labute approximate surface area is 95.4 Å². The van der Waals surface area contributed by atoms with Crippen molar-refractivity contribution < 1.29 is 9.47 Å². The third kappa shape index (κ3) is 2.76. The van der Waals surface area contributed by atoms with Crippen molar-refractivity contribution in [2.45, 2.75) is 6.61 Å². The zero-order valence-electron chi connectivity index (χ0n) is 8.97. The summed E-state index contributed by atoms with van der Waals surface area (Å²) in [5.74, 6) is 1.64. The molecule has 0 atom stereocenters. The van der Waals surface area contributed by atoms with E-state index in [0.717, 1.165) is 17.1 Å². The highest BCUT2D eigenvalue weighted by Gasteiger charge is 1.98. The first-order valence-corrected chi connectivity index (χ1v) is 5.12. The summed E-state index contributed by atoms with van der Waals surface area (Å²) in [5, 5.41) is 0. The average molecular weight is 214 g/mol. The maximum Gasteiger partial charge on any atom is 0.229 e. The molecule has 0 radical (unpaired) electrons. The molecule has 0 aliphatic carbocycles. The molecular weight excluding hydrogens is 200 g/mol. The molecule has 82 valence electrons. The van der Waals surface area contributed by atoms with Crippen LogP contribution in [0.3, 0.4) is 0 Å². The zero-order chi connectivity index (χ0) is 11.2. The molecule has 0 bridgehead atoms. The highest BCUT2D eigenvalue weighted by molar-refractivity contribution is 5.32. The maximum atomic E-state index is 5.65. The smallest absolute Gasteiger partial charge is 0.229 e. The number of rotatable bonds is 4. The van der Waals surface area contributed by atoms with Crippen molar-refractivity contribution in [2.24, 2.45) is 0 Å². The van der Waals surface area contributed by atoms with Crippen LogP contribution in [0.15, 0.2) is 54.6 Å². The molecule has 0 saturated heterocycles. The minimum Gasteiger partial charge on any atom is -0.722 e. The van der Waals surface area contributed by atoms with E-state index in [1.807, 2.05) is 54.6 Å². The Bertz CT molecular complexity index is 437. The van der Waals surface area contributed by atoms with Gasteiger partial charge in [-0.1, -0.05) is 30.3 Å². The van der Waals surface area contributed by atoms with Gasteiger partial charge in [-0.2, -0.15) is 0 Å². The van der Waals surface area contributed by atoms with Crippen LogP contribution in [0.1, 0.15) is 5.56 Å². The molecule has 2 nitrogen and oxygen atoms in total.